The zero-order chi connectivity index (χ0) is 14.2. The van der Waals surface area contributed by atoms with Crippen molar-refractivity contribution in [1.29, 1.82) is 0 Å². The minimum Gasteiger partial charge on any atom is -0.396 e. The number of hydrogen-bond donors (Lipinski definition) is 1. The van der Waals surface area contributed by atoms with Crippen LogP contribution >= 0.6 is 15.9 Å². The molecule has 2 aromatic carbocycles. The monoisotopic (exact) mass is 329 g/mol. The maximum Gasteiger partial charge on any atom is 0.199 e. The van der Waals surface area contributed by atoms with Gasteiger partial charge in [-0.2, -0.15) is 0 Å². The van der Waals surface area contributed by atoms with Gasteiger partial charge in [-0.15, -0.1) is 0 Å². The fraction of sp³-hybridized carbons (Fsp3) is 0. The molecule has 6 heteroatoms. The Morgan fingerprint density at radius 3 is 2.32 bits per heavy atom. The van der Waals surface area contributed by atoms with E-state index in [1.165, 1.54) is 0 Å². The molecular formula is C13H7BrF3NO. The number of hydrogen-bond acceptors (Lipinski definition) is 2. The number of nitrogen functional groups attached to an aromatic ring is 1. The maximum atomic E-state index is 13.7. The summed E-state index contributed by atoms with van der Waals surface area (Å²) in [5.74, 6) is -3.62. The summed E-state index contributed by atoms with van der Waals surface area (Å²) >= 11 is 2.90. The van der Waals surface area contributed by atoms with Gasteiger partial charge >= 0.3 is 0 Å². The van der Waals surface area contributed by atoms with Crippen molar-refractivity contribution in [2.45, 2.75) is 0 Å². The molecule has 2 rings (SSSR count). The molecule has 0 aliphatic carbocycles. The highest BCUT2D eigenvalue weighted by Gasteiger charge is 2.21. The molecule has 0 saturated carbocycles. The van der Waals surface area contributed by atoms with Crippen LogP contribution in [0.5, 0.6) is 0 Å². The fourth-order valence-electron chi connectivity index (χ4n) is 1.56. The summed E-state index contributed by atoms with van der Waals surface area (Å²) in [5, 5.41) is 0. The van der Waals surface area contributed by atoms with E-state index in [-0.39, 0.29) is 15.7 Å². The van der Waals surface area contributed by atoms with Crippen LogP contribution in [0, 0.1) is 17.5 Å². The van der Waals surface area contributed by atoms with E-state index in [0.29, 0.717) is 0 Å². The van der Waals surface area contributed by atoms with Crippen LogP contribution in [0.4, 0.5) is 18.9 Å². The second-order valence-corrected chi connectivity index (χ2v) is 4.64. The molecule has 0 aliphatic heterocycles. The van der Waals surface area contributed by atoms with E-state index >= 15 is 0 Å². The number of rotatable bonds is 2. The minimum atomic E-state index is -1.12. The number of carbonyl (C=O) groups excluding carboxylic acids is 1. The van der Waals surface area contributed by atoms with Crippen LogP contribution in [0.2, 0.25) is 0 Å². The van der Waals surface area contributed by atoms with E-state index in [4.69, 9.17) is 5.73 Å². The van der Waals surface area contributed by atoms with Gasteiger partial charge < -0.3 is 5.73 Å². The molecule has 0 aliphatic rings. The summed E-state index contributed by atoms with van der Waals surface area (Å²) in [6, 6.07) is 5.26. The number of benzene rings is 2. The lowest BCUT2D eigenvalue weighted by Gasteiger charge is -2.07. The number of anilines is 1. The van der Waals surface area contributed by atoms with E-state index in [1.54, 1.807) is 0 Å². The first-order chi connectivity index (χ1) is 8.91. The zero-order valence-corrected chi connectivity index (χ0v) is 11.0. The van der Waals surface area contributed by atoms with Gasteiger partial charge in [0.25, 0.3) is 0 Å². The molecule has 2 nitrogen and oxygen atoms in total. The predicted molar refractivity (Wildman–Crippen MR) is 68.3 cm³/mol. The Morgan fingerprint density at radius 1 is 1.05 bits per heavy atom. The fourth-order valence-corrected chi connectivity index (χ4v) is 1.94. The predicted octanol–water partition coefficient (Wildman–Crippen LogP) is 3.68. The molecule has 0 atom stereocenters. The number of nitrogens with two attached hydrogens (primary N) is 1. The molecule has 0 amide bonds. The Hall–Kier alpha value is -1.82. The highest BCUT2D eigenvalue weighted by atomic mass is 79.9. The van der Waals surface area contributed by atoms with Gasteiger partial charge in [-0.05, 0) is 46.3 Å². The van der Waals surface area contributed by atoms with E-state index < -0.39 is 28.8 Å². The average Bonchev–Trinajstić information content (AvgIpc) is 2.37. The number of ketones is 1. The van der Waals surface area contributed by atoms with Crippen molar-refractivity contribution < 1.29 is 18.0 Å². The standard InChI is InChI=1S/C13H7BrF3NO/c14-7-5-6(1-2-8(7)15)13(19)11-9(16)3-4-10(18)12(11)17/h1-5H,18H2. The SMILES string of the molecule is Nc1ccc(F)c(C(=O)c2ccc(F)c(Br)c2)c1F. The van der Waals surface area contributed by atoms with Crippen LogP contribution in [0.1, 0.15) is 15.9 Å². The molecule has 2 N–H and O–H groups in total. The molecule has 0 bridgehead atoms. The molecule has 2 aromatic rings. The lowest BCUT2D eigenvalue weighted by Crippen LogP contribution is -2.09. The van der Waals surface area contributed by atoms with Crippen LogP contribution in [0.15, 0.2) is 34.8 Å². The first-order valence-electron chi connectivity index (χ1n) is 5.15. The Labute approximate surface area is 115 Å². The van der Waals surface area contributed by atoms with Crippen LogP contribution in [0.3, 0.4) is 0 Å². The quantitative estimate of drug-likeness (QED) is 0.674. The second-order valence-electron chi connectivity index (χ2n) is 3.78. The van der Waals surface area contributed by atoms with Crippen molar-refractivity contribution in [3.63, 3.8) is 0 Å². The Balaban J connectivity index is 2.56. The lowest BCUT2D eigenvalue weighted by atomic mass is 10.0. The first-order valence-corrected chi connectivity index (χ1v) is 5.94. The molecule has 0 radical (unpaired) electrons. The summed E-state index contributed by atoms with van der Waals surface area (Å²) in [6.45, 7) is 0. The van der Waals surface area contributed by atoms with Crippen molar-refractivity contribution in [3.05, 3.63) is 63.4 Å². The average molecular weight is 330 g/mol. The summed E-state index contributed by atoms with van der Waals surface area (Å²) in [4.78, 5) is 12.0. The zero-order valence-electron chi connectivity index (χ0n) is 9.38. The Morgan fingerprint density at radius 2 is 1.68 bits per heavy atom. The van der Waals surface area contributed by atoms with Gasteiger partial charge in [0.05, 0.1) is 15.7 Å². The lowest BCUT2D eigenvalue weighted by molar-refractivity contribution is 0.103. The van der Waals surface area contributed by atoms with Crippen LogP contribution in [0.25, 0.3) is 0 Å². The van der Waals surface area contributed by atoms with Gasteiger partial charge in [0.2, 0.25) is 0 Å². The van der Waals surface area contributed by atoms with Crippen molar-refractivity contribution in [2.24, 2.45) is 0 Å². The number of carbonyl (C=O) groups is 1. The molecule has 19 heavy (non-hydrogen) atoms. The van der Waals surface area contributed by atoms with Crippen molar-refractivity contribution in [3.8, 4) is 0 Å². The second kappa shape index (κ2) is 5.05. The van der Waals surface area contributed by atoms with Gasteiger partial charge in [-0.1, -0.05) is 0 Å². The third-order valence-electron chi connectivity index (χ3n) is 2.53. The third-order valence-corrected chi connectivity index (χ3v) is 3.14. The molecule has 0 aromatic heterocycles. The topological polar surface area (TPSA) is 43.1 Å². The highest BCUT2D eigenvalue weighted by Crippen LogP contribution is 2.24. The van der Waals surface area contributed by atoms with E-state index in [9.17, 15) is 18.0 Å². The normalized spacial score (nSPS) is 10.5. The van der Waals surface area contributed by atoms with Gasteiger partial charge in [-0.25, -0.2) is 13.2 Å². The summed E-state index contributed by atoms with van der Waals surface area (Å²) in [7, 11) is 0. The largest absolute Gasteiger partial charge is 0.396 e. The van der Waals surface area contributed by atoms with Gasteiger partial charge in [0, 0.05) is 5.56 Å². The molecule has 0 spiro atoms. The van der Waals surface area contributed by atoms with Crippen molar-refractivity contribution >= 4 is 27.4 Å². The minimum absolute atomic E-state index is 0.0306. The Bertz CT molecular complexity index is 673. The first kappa shape index (κ1) is 13.6. The molecule has 0 fully saturated rings. The number of halogens is 4. The molecule has 0 saturated heterocycles. The van der Waals surface area contributed by atoms with E-state index in [2.05, 4.69) is 15.9 Å². The molecular weight excluding hydrogens is 323 g/mol. The smallest absolute Gasteiger partial charge is 0.199 e. The highest BCUT2D eigenvalue weighted by molar-refractivity contribution is 9.10. The van der Waals surface area contributed by atoms with Crippen LogP contribution < -0.4 is 5.73 Å². The molecule has 98 valence electrons. The van der Waals surface area contributed by atoms with Crippen molar-refractivity contribution in [2.75, 3.05) is 5.73 Å². The van der Waals surface area contributed by atoms with Crippen LogP contribution in [-0.4, -0.2) is 5.78 Å². The summed E-state index contributed by atoms with van der Waals surface area (Å²) in [6.07, 6.45) is 0. The van der Waals surface area contributed by atoms with Gasteiger partial charge in [-0.3, -0.25) is 4.79 Å². The van der Waals surface area contributed by atoms with Gasteiger partial charge in [0.15, 0.2) is 11.6 Å². The third kappa shape index (κ3) is 2.49. The molecule has 0 heterocycles. The Kier molecular flexibility index (Phi) is 3.61. The molecule has 0 unspecified atom stereocenters. The summed E-state index contributed by atoms with van der Waals surface area (Å²) in [5.41, 5.74) is 4.17. The van der Waals surface area contributed by atoms with E-state index in [1.807, 2.05) is 0 Å². The van der Waals surface area contributed by atoms with Gasteiger partial charge in [0.1, 0.15) is 11.6 Å². The van der Waals surface area contributed by atoms with Crippen molar-refractivity contribution in [1.82, 2.24) is 0 Å². The maximum absolute atomic E-state index is 13.7. The van der Waals surface area contributed by atoms with Crippen LogP contribution in [-0.2, 0) is 0 Å². The van der Waals surface area contributed by atoms with E-state index in [0.717, 1.165) is 30.3 Å². The summed E-state index contributed by atoms with van der Waals surface area (Å²) < 4.78 is 40.3.